The van der Waals surface area contributed by atoms with Crippen molar-refractivity contribution in [1.29, 1.82) is 0 Å². The molecule has 0 bridgehead atoms. The van der Waals surface area contributed by atoms with Gasteiger partial charge in [0.2, 0.25) is 15.9 Å². The highest BCUT2D eigenvalue weighted by Gasteiger charge is 2.29. The van der Waals surface area contributed by atoms with Gasteiger partial charge in [-0.05, 0) is 13.3 Å². The molecule has 7 nitrogen and oxygen atoms in total. The predicted molar refractivity (Wildman–Crippen MR) is 75.8 cm³/mol. The number of nitrogens with zero attached hydrogens (tertiary/aromatic N) is 2. The molecule has 0 aliphatic rings. The van der Waals surface area contributed by atoms with E-state index in [0.29, 0.717) is 6.42 Å². The van der Waals surface area contributed by atoms with Crippen molar-refractivity contribution >= 4 is 21.9 Å². The van der Waals surface area contributed by atoms with Crippen LogP contribution in [0.3, 0.4) is 0 Å². The van der Waals surface area contributed by atoms with Gasteiger partial charge in [0.1, 0.15) is 12.3 Å². The zero-order chi connectivity index (χ0) is 15.9. The highest BCUT2D eigenvalue weighted by molar-refractivity contribution is 7.89. The zero-order valence-corrected chi connectivity index (χ0v) is 13.3. The molecule has 0 aromatic rings. The predicted octanol–water partition coefficient (Wildman–Crippen LogP) is 0.370. The topological polar surface area (TPSA) is 95.0 Å². The molecule has 0 aromatic carbocycles. The molecule has 118 valence electrons. The standard InChI is InChI=1S/C12H24N2O5S/c1-5-10(4)14(8-12(16)17)11(15)9-20(18,19)13(6-2)7-3/h10H,5-9H2,1-4H3,(H,16,17). The Hall–Kier alpha value is -1.15. The summed E-state index contributed by atoms with van der Waals surface area (Å²) in [5.41, 5.74) is 0. The van der Waals surface area contributed by atoms with Crippen LogP contribution in [0.2, 0.25) is 0 Å². The second kappa shape index (κ2) is 8.21. The van der Waals surface area contributed by atoms with Crippen molar-refractivity contribution in [2.75, 3.05) is 25.4 Å². The average Bonchev–Trinajstić information content (AvgIpc) is 2.35. The monoisotopic (exact) mass is 308 g/mol. The van der Waals surface area contributed by atoms with Gasteiger partial charge in [0, 0.05) is 19.1 Å². The normalized spacial score (nSPS) is 13.2. The van der Waals surface area contributed by atoms with Crippen LogP contribution in [-0.4, -0.2) is 66.0 Å². The van der Waals surface area contributed by atoms with Gasteiger partial charge in [0.05, 0.1) is 0 Å². The van der Waals surface area contributed by atoms with E-state index in [-0.39, 0.29) is 19.1 Å². The van der Waals surface area contributed by atoms with Gasteiger partial charge in [-0.1, -0.05) is 20.8 Å². The number of carbonyl (C=O) groups is 2. The number of sulfonamides is 1. The maximum Gasteiger partial charge on any atom is 0.323 e. The molecule has 1 atom stereocenters. The number of amides is 1. The Morgan fingerprint density at radius 3 is 2.00 bits per heavy atom. The Kier molecular flexibility index (Phi) is 7.74. The number of aliphatic carboxylic acids is 1. The minimum Gasteiger partial charge on any atom is -0.480 e. The number of rotatable bonds is 9. The van der Waals surface area contributed by atoms with Gasteiger partial charge in [-0.15, -0.1) is 0 Å². The van der Waals surface area contributed by atoms with Gasteiger partial charge < -0.3 is 10.0 Å². The summed E-state index contributed by atoms with van der Waals surface area (Å²) in [6, 6.07) is -0.314. The third-order valence-corrected chi connectivity index (χ3v) is 5.07. The van der Waals surface area contributed by atoms with E-state index in [9.17, 15) is 18.0 Å². The summed E-state index contributed by atoms with van der Waals surface area (Å²) in [7, 11) is -3.70. The Labute approximate surface area is 120 Å². The van der Waals surface area contributed by atoms with E-state index in [0.717, 1.165) is 4.90 Å². The summed E-state index contributed by atoms with van der Waals surface area (Å²) in [4.78, 5) is 24.0. The maximum absolute atomic E-state index is 12.1. The van der Waals surface area contributed by atoms with Gasteiger partial charge in [0.25, 0.3) is 0 Å². The first kappa shape index (κ1) is 18.9. The molecule has 0 saturated heterocycles. The summed E-state index contributed by atoms with van der Waals surface area (Å²) >= 11 is 0. The number of carbonyl (C=O) groups excluding carboxylic acids is 1. The Morgan fingerprint density at radius 1 is 1.15 bits per heavy atom. The van der Waals surface area contributed by atoms with Crippen molar-refractivity contribution in [2.24, 2.45) is 0 Å². The molecule has 0 rings (SSSR count). The van der Waals surface area contributed by atoms with Gasteiger partial charge in [-0.2, -0.15) is 0 Å². The molecule has 0 aliphatic carbocycles. The lowest BCUT2D eigenvalue weighted by Crippen LogP contribution is -2.46. The Bertz CT molecular complexity index is 431. The Balaban J connectivity index is 5.05. The molecule has 8 heteroatoms. The lowest BCUT2D eigenvalue weighted by atomic mass is 10.2. The first-order valence-corrected chi connectivity index (χ1v) is 8.29. The fourth-order valence-electron chi connectivity index (χ4n) is 1.80. The minimum atomic E-state index is -3.70. The van der Waals surface area contributed by atoms with Gasteiger partial charge in [-0.25, -0.2) is 12.7 Å². The van der Waals surface area contributed by atoms with E-state index in [4.69, 9.17) is 5.11 Å². The van der Waals surface area contributed by atoms with Crippen molar-refractivity contribution in [3.05, 3.63) is 0 Å². The first-order valence-electron chi connectivity index (χ1n) is 6.68. The average molecular weight is 308 g/mol. The molecule has 0 heterocycles. The molecule has 0 spiro atoms. The molecule has 0 aliphatic heterocycles. The molecule has 1 amide bonds. The summed E-state index contributed by atoms with van der Waals surface area (Å²) in [6.45, 7) is 6.98. The van der Waals surface area contributed by atoms with Crippen LogP contribution in [0.15, 0.2) is 0 Å². The second-order valence-electron chi connectivity index (χ2n) is 4.51. The number of hydrogen-bond acceptors (Lipinski definition) is 4. The van der Waals surface area contributed by atoms with Crippen LogP contribution < -0.4 is 0 Å². The van der Waals surface area contributed by atoms with Crippen molar-refractivity contribution in [1.82, 2.24) is 9.21 Å². The summed E-state index contributed by atoms with van der Waals surface area (Å²) in [5.74, 6) is -2.51. The van der Waals surface area contributed by atoms with Gasteiger partial charge >= 0.3 is 5.97 Å². The van der Waals surface area contributed by atoms with E-state index in [1.165, 1.54) is 4.31 Å². The fourth-order valence-corrected chi connectivity index (χ4v) is 3.25. The van der Waals surface area contributed by atoms with Crippen molar-refractivity contribution in [2.45, 2.75) is 40.2 Å². The van der Waals surface area contributed by atoms with Crippen molar-refractivity contribution < 1.29 is 23.1 Å². The molecular formula is C12H24N2O5S. The molecule has 20 heavy (non-hydrogen) atoms. The molecule has 0 aromatic heterocycles. The van der Waals surface area contributed by atoms with E-state index < -0.39 is 34.2 Å². The molecule has 0 saturated carbocycles. The molecule has 0 fully saturated rings. The lowest BCUT2D eigenvalue weighted by molar-refractivity contribution is -0.145. The highest BCUT2D eigenvalue weighted by atomic mass is 32.2. The van der Waals surface area contributed by atoms with Crippen molar-refractivity contribution in [3.8, 4) is 0 Å². The van der Waals surface area contributed by atoms with E-state index in [2.05, 4.69) is 0 Å². The quantitative estimate of drug-likeness (QED) is 0.664. The Morgan fingerprint density at radius 2 is 1.65 bits per heavy atom. The number of carboxylic acids is 1. The van der Waals surface area contributed by atoms with Crippen LogP contribution in [0.4, 0.5) is 0 Å². The van der Waals surface area contributed by atoms with Gasteiger partial charge in [0.15, 0.2) is 0 Å². The third-order valence-electron chi connectivity index (χ3n) is 3.15. The lowest BCUT2D eigenvalue weighted by Gasteiger charge is -2.28. The largest absolute Gasteiger partial charge is 0.480 e. The highest BCUT2D eigenvalue weighted by Crippen LogP contribution is 2.08. The molecule has 0 radical (unpaired) electrons. The van der Waals surface area contributed by atoms with Crippen LogP contribution in [0.1, 0.15) is 34.1 Å². The second-order valence-corrected chi connectivity index (χ2v) is 6.48. The molecule has 1 N–H and O–H groups in total. The molecular weight excluding hydrogens is 284 g/mol. The van der Waals surface area contributed by atoms with Crippen molar-refractivity contribution in [3.63, 3.8) is 0 Å². The van der Waals surface area contributed by atoms with Crippen LogP contribution in [0.25, 0.3) is 0 Å². The smallest absolute Gasteiger partial charge is 0.323 e. The minimum absolute atomic E-state index is 0.286. The van der Waals surface area contributed by atoms with E-state index in [1.54, 1.807) is 20.8 Å². The molecule has 1 unspecified atom stereocenters. The van der Waals surface area contributed by atoms with Crippen LogP contribution in [0, 0.1) is 0 Å². The maximum atomic E-state index is 12.1. The number of hydrogen-bond donors (Lipinski definition) is 1. The summed E-state index contributed by atoms with van der Waals surface area (Å²) in [5, 5.41) is 8.82. The summed E-state index contributed by atoms with van der Waals surface area (Å²) < 4.78 is 25.3. The summed E-state index contributed by atoms with van der Waals surface area (Å²) in [6.07, 6.45) is 0.560. The SMILES string of the molecule is CCC(C)N(CC(=O)O)C(=O)CS(=O)(=O)N(CC)CC. The van der Waals surface area contributed by atoms with Crippen LogP contribution in [0.5, 0.6) is 0 Å². The van der Waals surface area contributed by atoms with Crippen LogP contribution >= 0.6 is 0 Å². The zero-order valence-electron chi connectivity index (χ0n) is 12.5. The van der Waals surface area contributed by atoms with E-state index in [1.807, 2.05) is 6.92 Å². The number of carboxylic acid groups (broad SMARTS) is 1. The fraction of sp³-hybridized carbons (Fsp3) is 0.833. The van der Waals surface area contributed by atoms with Gasteiger partial charge in [-0.3, -0.25) is 9.59 Å². The third kappa shape index (κ3) is 5.46. The first-order chi connectivity index (χ1) is 9.19. The van der Waals surface area contributed by atoms with Crippen LogP contribution in [-0.2, 0) is 19.6 Å². The van der Waals surface area contributed by atoms with E-state index >= 15 is 0 Å².